The summed E-state index contributed by atoms with van der Waals surface area (Å²) in [5.41, 5.74) is 2.80. The molecular formula is C13H10O3. The molecule has 2 rings (SSSR count). The molecule has 80 valence electrons. The quantitative estimate of drug-likeness (QED) is 0.727. The van der Waals surface area contributed by atoms with Crippen LogP contribution in [0.2, 0.25) is 0 Å². The second-order valence-electron chi connectivity index (χ2n) is 3.78. The van der Waals surface area contributed by atoms with Gasteiger partial charge in [0.2, 0.25) is 0 Å². The molecule has 0 aliphatic heterocycles. The molecule has 1 N–H and O–H groups in total. The van der Waals surface area contributed by atoms with Crippen molar-refractivity contribution in [3.05, 3.63) is 41.0 Å². The molecule has 1 unspecified atom stereocenters. The summed E-state index contributed by atoms with van der Waals surface area (Å²) in [4.78, 5) is 21.8. The molecule has 1 aliphatic rings. The van der Waals surface area contributed by atoms with E-state index >= 15 is 0 Å². The third-order valence-corrected chi connectivity index (χ3v) is 2.65. The van der Waals surface area contributed by atoms with E-state index in [9.17, 15) is 9.59 Å². The Balaban J connectivity index is 2.62. The molecular weight excluding hydrogens is 204 g/mol. The van der Waals surface area contributed by atoms with Crippen LogP contribution in [-0.2, 0) is 9.59 Å². The molecule has 1 aliphatic carbocycles. The zero-order valence-electron chi connectivity index (χ0n) is 8.73. The van der Waals surface area contributed by atoms with Crippen LogP contribution in [0.5, 0.6) is 0 Å². The molecule has 1 aromatic rings. The van der Waals surface area contributed by atoms with Gasteiger partial charge in [0, 0.05) is 0 Å². The van der Waals surface area contributed by atoms with Crippen LogP contribution >= 0.6 is 0 Å². The highest BCUT2D eigenvalue weighted by molar-refractivity contribution is 6.03. The van der Waals surface area contributed by atoms with E-state index in [1.165, 1.54) is 6.08 Å². The van der Waals surface area contributed by atoms with E-state index in [0.717, 1.165) is 11.1 Å². The lowest BCUT2D eigenvalue weighted by Gasteiger charge is -2.17. The molecule has 3 heteroatoms. The van der Waals surface area contributed by atoms with Gasteiger partial charge in [-0.3, -0.25) is 4.79 Å². The molecule has 0 bridgehead atoms. The molecule has 16 heavy (non-hydrogen) atoms. The first-order valence-corrected chi connectivity index (χ1v) is 4.90. The maximum atomic E-state index is 10.9. The lowest BCUT2D eigenvalue weighted by Crippen LogP contribution is -2.16. The summed E-state index contributed by atoms with van der Waals surface area (Å²) in [7, 11) is 0. The highest BCUT2D eigenvalue weighted by Gasteiger charge is 2.26. The molecule has 3 nitrogen and oxygen atoms in total. The predicted molar refractivity (Wildman–Crippen MR) is 60.4 cm³/mol. The van der Waals surface area contributed by atoms with E-state index in [-0.39, 0.29) is 5.57 Å². The number of hydrogen-bond donors (Lipinski definition) is 1. The molecule has 0 radical (unpaired) electrons. The number of benzene rings is 1. The largest absolute Gasteiger partial charge is 0.481 e. The highest BCUT2D eigenvalue weighted by Crippen LogP contribution is 2.32. The van der Waals surface area contributed by atoms with Crippen molar-refractivity contribution >= 4 is 23.6 Å². The fourth-order valence-corrected chi connectivity index (χ4v) is 1.85. The van der Waals surface area contributed by atoms with Gasteiger partial charge < -0.3 is 5.11 Å². The first kappa shape index (κ1) is 10.4. The van der Waals surface area contributed by atoms with Gasteiger partial charge in [-0.2, -0.15) is 0 Å². The van der Waals surface area contributed by atoms with E-state index in [4.69, 9.17) is 5.11 Å². The highest BCUT2D eigenvalue weighted by atomic mass is 16.4. The van der Waals surface area contributed by atoms with E-state index in [1.807, 2.05) is 19.1 Å². The molecule has 0 saturated carbocycles. The monoisotopic (exact) mass is 214 g/mol. The number of hydrogen-bond acceptors (Lipinski definition) is 2. The number of aryl methyl sites for hydroxylation is 1. The first-order chi connectivity index (χ1) is 7.63. The second kappa shape index (κ2) is 3.80. The van der Waals surface area contributed by atoms with Gasteiger partial charge in [0.15, 0.2) is 0 Å². The van der Waals surface area contributed by atoms with Crippen LogP contribution < -0.4 is 0 Å². The number of rotatable bonds is 1. The topological polar surface area (TPSA) is 54.4 Å². The van der Waals surface area contributed by atoms with E-state index in [1.54, 1.807) is 18.1 Å². The molecule has 1 aromatic carbocycles. The Kier molecular flexibility index (Phi) is 2.47. The minimum absolute atomic E-state index is 0.199. The van der Waals surface area contributed by atoms with Crippen molar-refractivity contribution < 1.29 is 14.7 Å². The number of carbonyl (C=O) groups is 1. The Morgan fingerprint density at radius 2 is 2.19 bits per heavy atom. The van der Waals surface area contributed by atoms with Gasteiger partial charge in [0.1, 0.15) is 11.9 Å². The molecule has 0 aromatic heterocycles. The minimum atomic E-state index is -1.03. The van der Waals surface area contributed by atoms with Crippen molar-refractivity contribution in [3.8, 4) is 0 Å². The summed E-state index contributed by atoms with van der Waals surface area (Å²) in [6.07, 6.45) is 3.26. The van der Waals surface area contributed by atoms with E-state index in [2.05, 4.69) is 0 Å². The Labute approximate surface area is 92.7 Å². The van der Waals surface area contributed by atoms with E-state index in [0.29, 0.717) is 5.56 Å². The zero-order valence-corrected chi connectivity index (χ0v) is 8.73. The van der Waals surface area contributed by atoms with Crippen molar-refractivity contribution in [2.45, 2.75) is 6.92 Å². The fraction of sp³-hybridized carbons (Fsp3) is 0.154. The van der Waals surface area contributed by atoms with Crippen LogP contribution in [0.3, 0.4) is 0 Å². The van der Waals surface area contributed by atoms with Crippen molar-refractivity contribution in [1.82, 2.24) is 0 Å². The lowest BCUT2D eigenvalue weighted by atomic mass is 9.85. The Morgan fingerprint density at radius 3 is 2.81 bits per heavy atom. The standard InChI is InChI=1S/C13H10O3/c1-8-2-4-10-9(6-8)3-5-11(13(15)16)12(10)7-14/h2-6,11H,1H3,(H,15,16). The first-order valence-electron chi connectivity index (χ1n) is 4.90. The number of carbonyl (C=O) groups excluding carboxylic acids is 1. The SMILES string of the molecule is Cc1ccc2c(c1)C=CC(C(=O)O)C2=C=O. The summed E-state index contributed by atoms with van der Waals surface area (Å²) in [6, 6.07) is 5.54. The average Bonchev–Trinajstić information content (AvgIpc) is 2.26. The van der Waals surface area contributed by atoms with Crippen molar-refractivity contribution in [3.63, 3.8) is 0 Å². The number of fused-ring (bicyclic) bond motifs is 1. The van der Waals surface area contributed by atoms with Crippen LogP contribution in [-0.4, -0.2) is 17.0 Å². The van der Waals surface area contributed by atoms with Gasteiger partial charge in [-0.1, -0.05) is 35.9 Å². The Hall–Kier alpha value is -2.12. The summed E-state index contributed by atoms with van der Waals surface area (Å²) in [5.74, 6) is -0.163. The molecule has 0 amide bonds. The zero-order chi connectivity index (χ0) is 11.7. The fourth-order valence-electron chi connectivity index (χ4n) is 1.85. The van der Waals surface area contributed by atoms with Gasteiger partial charge in [0.05, 0.1) is 5.57 Å². The van der Waals surface area contributed by atoms with Crippen LogP contribution in [0.25, 0.3) is 11.6 Å². The van der Waals surface area contributed by atoms with Gasteiger partial charge in [-0.25, -0.2) is 4.79 Å². The normalized spacial score (nSPS) is 17.8. The summed E-state index contributed by atoms with van der Waals surface area (Å²) >= 11 is 0. The lowest BCUT2D eigenvalue weighted by molar-refractivity contribution is -0.138. The van der Waals surface area contributed by atoms with Gasteiger partial charge >= 0.3 is 5.97 Å². The van der Waals surface area contributed by atoms with Gasteiger partial charge in [-0.15, -0.1) is 0 Å². The minimum Gasteiger partial charge on any atom is -0.481 e. The molecule has 0 fully saturated rings. The van der Waals surface area contributed by atoms with E-state index < -0.39 is 11.9 Å². The number of carboxylic acid groups (broad SMARTS) is 1. The van der Waals surface area contributed by atoms with Crippen LogP contribution in [0, 0.1) is 12.8 Å². The maximum Gasteiger partial charge on any atom is 0.315 e. The van der Waals surface area contributed by atoms with Crippen LogP contribution in [0.15, 0.2) is 24.3 Å². The van der Waals surface area contributed by atoms with Gasteiger partial charge in [0.25, 0.3) is 0 Å². The van der Waals surface area contributed by atoms with Crippen molar-refractivity contribution in [2.75, 3.05) is 0 Å². The molecule has 0 saturated heterocycles. The second-order valence-corrected chi connectivity index (χ2v) is 3.78. The Morgan fingerprint density at radius 1 is 1.44 bits per heavy atom. The van der Waals surface area contributed by atoms with Gasteiger partial charge in [-0.05, 0) is 18.1 Å². The third kappa shape index (κ3) is 1.58. The molecule has 0 heterocycles. The summed E-state index contributed by atoms with van der Waals surface area (Å²) < 4.78 is 0. The van der Waals surface area contributed by atoms with Crippen molar-refractivity contribution in [2.24, 2.45) is 5.92 Å². The summed E-state index contributed by atoms with van der Waals surface area (Å²) in [5, 5.41) is 8.97. The smallest absolute Gasteiger partial charge is 0.315 e. The van der Waals surface area contributed by atoms with Crippen LogP contribution in [0.1, 0.15) is 16.7 Å². The number of aliphatic carboxylic acids is 1. The maximum absolute atomic E-state index is 10.9. The Bertz CT molecular complexity index is 534. The van der Waals surface area contributed by atoms with Crippen molar-refractivity contribution in [1.29, 1.82) is 0 Å². The molecule has 1 atom stereocenters. The van der Waals surface area contributed by atoms with Crippen LogP contribution in [0.4, 0.5) is 0 Å². The number of carboxylic acids is 1. The third-order valence-electron chi connectivity index (χ3n) is 2.65. The summed E-state index contributed by atoms with van der Waals surface area (Å²) in [6.45, 7) is 1.95. The molecule has 0 spiro atoms. The average molecular weight is 214 g/mol. The predicted octanol–water partition coefficient (Wildman–Crippen LogP) is 1.94.